The number of nitrogens with one attached hydrogen (secondary N) is 1. The van der Waals surface area contributed by atoms with Crippen molar-refractivity contribution in [3.8, 4) is 11.6 Å². The normalized spacial score (nSPS) is 11.1. The maximum absolute atomic E-state index is 12.7. The van der Waals surface area contributed by atoms with E-state index in [2.05, 4.69) is 29.2 Å². The molecule has 31 heavy (non-hydrogen) atoms. The molecule has 4 aromatic rings. The zero-order valence-electron chi connectivity index (χ0n) is 17.6. The molecular weight excluding hydrogens is 394 g/mol. The molecule has 0 saturated heterocycles. The van der Waals surface area contributed by atoms with Crippen LogP contribution < -0.4 is 15.7 Å². The van der Waals surface area contributed by atoms with Crippen molar-refractivity contribution in [3.63, 3.8) is 0 Å². The first-order valence-corrected chi connectivity index (χ1v) is 9.99. The molecule has 4 rings (SSSR count). The summed E-state index contributed by atoms with van der Waals surface area (Å²) in [6.07, 6.45) is 2.96. The zero-order valence-corrected chi connectivity index (χ0v) is 17.6. The van der Waals surface area contributed by atoms with Gasteiger partial charge in [0.1, 0.15) is 12.3 Å². The molecular formula is C23H23N5O3. The van der Waals surface area contributed by atoms with Crippen molar-refractivity contribution in [2.75, 3.05) is 5.32 Å². The summed E-state index contributed by atoms with van der Waals surface area (Å²) in [7, 11) is 0. The van der Waals surface area contributed by atoms with E-state index in [0.717, 1.165) is 10.2 Å². The third-order valence-electron chi connectivity index (χ3n) is 4.86. The predicted molar refractivity (Wildman–Crippen MR) is 118 cm³/mol. The van der Waals surface area contributed by atoms with Crippen molar-refractivity contribution in [1.29, 1.82) is 0 Å². The standard InChI is InChI=1S/C23H23N5O3/c1-15(2)17-6-10-19(11-7-17)31-22-21-26-28(23(30)27(21)13-12-24-22)14-20(29)25-18-8-4-16(3)5-9-18/h4-13,15H,14H2,1-3H3,(H,25,29). The van der Waals surface area contributed by atoms with E-state index in [-0.39, 0.29) is 24.0 Å². The summed E-state index contributed by atoms with van der Waals surface area (Å²) in [4.78, 5) is 29.3. The number of anilines is 1. The Balaban J connectivity index is 1.56. The largest absolute Gasteiger partial charge is 0.436 e. The lowest BCUT2D eigenvalue weighted by atomic mass is 10.0. The summed E-state index contributed by atoms with van der Waals surface area (Å²) >= 11 is 0. The van der Waals surface area contributed by atoms with E-state index in [1.165, 1.54) is 22.4 Å². The number of hydrogen-bond donors (Lipinski definition) is 1. The summed E-state index contributed by atoms with van der Waals surface area (Å²) in [6, 6.07) is 15.1. The van der Waals surface area contributed by atoms with Gasteiger partial charge in [-0.25, -0.2) is 18.9 Å². The average Bonchev–Trinajstić information content (AvgIpc) is 3.06. The molecule has 8 nitrogen and oxygen atoms in total. The number of rotatable bonds is 6. The van der Waals surface area contributed by atoms with Gasteiger partial charge in [0, 0.05) is 18.1 Å². The number of fused-ring (bicyclic) bond motifs is 1. The van der Waals surface area contributed by atoms with Gasteiger partial charge < -0.3 is 10.1 Å². The summed E-state index contributed by atoms with van der Waals surface area (Å²) in [5.74, 6) is 0.837. The van der Waals surface area contributed by atoms with E-state index >= 15 is 0 Å². The minimum atomic E-state index is -0.448. The molecule has 0 unspecified atom stereocenters. The molecule has 0 bridgehead atoms. The second-order valence-electron chi connectivity index (χ2n) is 7.61. The number of amides is 1. The van der Waals surface area contributed by atoms with Crippen LogP contribution in [0.25, 0.3) is 5.65 Å². The fraction of sp³-hybridized carbons (Fsp3) is 0.217. The number of nitrogens with zero attached hydrogens (tertiary/aromatic N) is 4. The summed E-state index contributed by atoms with van der Waals surface area (Å²) in [5, 5.41) is 7.03. The lowest BCUT2D eigenvalue weighted by Crippen LogP contribution is -2.28. The van der Waals surface area contributed by atoms with Gasteiger partial charge >= 0.3 is 5.69 Å². The van der Waals surface area contributed by atoms with Gasteiger partial charge in [0.25, 0.3) is 5.88 Å². The third-order valence-corrected chi connectivity index (χ3v) is 4.86. The predicted octanol–water partition coefficient (Wildman–Crippen LogP) is 3.75. The van der Waals surface area contributed by atoms with Gasteiger partial charge in [-0.05, 0) is 42.7 Å². The van der Waals surface area contributed by atoms with Crippen LogP contribution in [0, 0.1) is 6.92 Å². The topological polar surface area (TPSA) is 90.5 Å². The van der Waals surface area contributed by atoms with Crippen LogP contribution in [0.4, 0.5) is 5.69 Å². The van der Waals surface area contributed by atoms with Crippen molar-refractivity contribution in [3.05, 3.63) is 82.5 Å². The number of aromatic nitrogens is 4. The SMILES string of the molecule is Cc1ccc(NC(=O)Cn2nc3c(Oc4ccc(C(C)C)cc4)nccn3c2=O)cc1. The second-order valence-corrected chi connectivity index (χ2v) is 7.61. The van der Waals surface area contributed by atoms with Gasteiger partial charge in [-0.1, -0.05) is 43.7 Å². The second kappa shape index (κ2) is 8.43. The molecule has 0 atom stereocenters. The molecule has 158 valence electrons. The number of carbonyl (C=O) groups excluding carboxylic acids is 1. The molecule has 2 heterocycles. The fourth-order valence-electron chi connectivity index (χ4n) is 3.11. The number of benzene rings is 2. The lowest BCUT2D eigenvalue weighted by Gasteiger charge is -2.08. The monoisotopic (exact) mass is 417 g/mol. The van der Waals surface area contributed by atoms with Crippen LogP contribution in [0.3, 0.4) is 0 Å². The van der Waals surface area contributed by atoms with E-state index in [9.17, 15) is 9.59 Å². The van der Waals surface area contributed by atoms with Gasteiger partial charge in [0.15, 0.2) is 0 Å². The van der Waals surface area contributed by atoms with Crippen molar-refractivity contribution in [1.82, 2.24) is 19.2 Å². The molecule has 0 aliphatic rings. The molecule has 0 spiro atoms. The van der Waals surface area contributed by atoms with Gasteiger partial charge in [-0.2, -0.15) is 0 Å². The maximum Gasteiger partial charge on any atom is 0.351 e. The Hall–Kier alpha value is -3.94. The van der Waals surface area contributed by atoms with E-state index < -0.39 is 5.69 Å². The lowest BCUT2D eigenvalue weighted by molar-refractivity contribution is -0.117. The van der Waals surface area contributed by atoms with Crippen molar-refractivity contribution < 1.29 is 9.53 Å². The molecule has 2 aromatic heterocycles. The number of ether oxygens (including phenoxy) is 1. The Morgan fingerprint density at radius 3 is 2.48 bits per heavy atom. The Morgan fingerprint density at radius 1 is 1.10 bits per heavy atom. The quantitative estimate of drug-likeness (QED) is 0.516. The van der Waals surface area contributed by atoms with Gasteiger partial charge in [-0.15, -0.1) is 5.10 Å². The molecule has 0 aliphatic heterocycles. The number of hydrogen-bond acceptors (Lipinski definition) is 5. The Labute approximate surface area is 179 Å². The highest BCUT2D eigenvalue weighted by atomic mass is 16.5. The zero-order chi connectivity index (χ0) is 22.0. The first-order valence-electron chi connectivity index (χ1n) is 9.99. The van der Waals surface area contributed by atoms with Gasteiger partial charge in [0.2, 0.25) is 11.6 Å². The highest BCUT2D eigenvalue weighted by molar-refractivity contribution is 5.90. The summed E-state index contributed by atoms with van der Waals surface area (Å²) < 4.78 is 8.26. The minimum absolute atomic E-state index is 0.189. The van der Waals surface area contributed by atoms with Crippen LogP contribution in [-0.2, 0) is 11.3 Å². The van der Waals surface area contributed by atoms with Crippen molar-refractivity contribution in [2.24, 2.45) is 0 Å². The Morgan fingerprint density at radius 2 is 1.81 bits per heavy atom. The van der Waals surface area contributed by atoms with Crippen LogP contribution in [0.15, 0.2) is 65.7 Å². The van der Waals surface area contributed by atoms with Crippen LogP contribution in [0.2, 0.25) is 0 Å². The van der Waals surface area contributed by atoms with E-state index in [1.54, 1.807) is 12.1 Å². The minimum Gasteiger partial charge on any atom is -0.436 e. The first-order chi connectivity index (χ1) is 14.9. The summed E-state index contributed by atoms with van der Waals surface area (Å²) in [6.45, 7) is 5.98. The van der Waals surface area contributed by atoms with Crippen LogP contribution in [-0.4, -0.2) is 25.1 Å². The molecule has 2 aromatic carbocycles. The maximum atomic E-state index is 12.7. The molecule has 8 heteroatoms. The molecule has 0 saturated carbocycles. The Kier molecular flexibility index (Phi) is 5.53. The molecule has 0 fully saturated rings. The van der Waals surface area contributed by atoms with Crippen molar-refractivity contribution >= 4 is 17.2 Å². The number of aryl methyl sites for hydroxylation is 1. The smallest absolute Gasteiger partial charge is 0.351 e. The average molecular weight is 417 g/mol. The highest BCUT2D eigenvalue weighted by Crippen LogP contribution is 2.24. The number of carbonyl (C=O) groups is 1. The van der Waals surface area contributed by atoms with Gasteiger partial charge in [-0.3, -0.25) is 4.79 Å². The molecule has 1 amide bonds. The molecule has 1 N–H and O–H groups in total. The Bertz CT molecular complexity index is 1270. The van der Waals surface area contributed by atoms with E-state index in [4.69, 9.17) is 4.74 Å². The third kappa shape index (κ3) is 4.48. The van der Waals surface area contributed by atoms with Gasteiger partial charge in [0.05, 0.1) is 0 Å². The van der Waals surface area contributed by atoms with E-state index in [0.29, 0.717) is 17.4 Å². The fourth-order valence-corrected chi connectivity index (χ4v) is 3.11. The van der Waals surface area contributed by atoms with E-state index in [1.807, 2.05) is 43.3 Å². The highest BCUT2D eigenvalue weighted by Gasteiger charge is 2.16. The summed E-state index contributed by atoms with van der Waals surface area (Å²) in [5.41, 5.74) is 2.73. The van der Waals surface area contributed by atoms with Crippen LogP contribution in [0.1, 0.15) is 30.9 Å². The van der Waals surface area contributed by atoms with Crippen LogP contribution in [0.5, 0.6) is 11.6 Å². The van der Waals surface area contributed by atoms with Crippen LogP contribution >= 0.6 is 0 Å². The first kappa shape index (κ1) is 20.3. The van der Waals surface area contributed by atoms with Crippen molar-refractivity contribution in [2.45, 2.75) is 33.2 Å². The molecule has 0 radical (unpaired) electrons. The molecule has 0 aliphatic carbocycles.